The van der Waals surface area contributed by atoms with Crippen molar-refractivity contribution in [2.24, 2.45) is 13.0 Å². The maximum absolute atomic E-state index is 12.8. The van der Waals surface area contributed by atoms with Gasteiger partial charge in [-0.3, -0.25) is 4.68 Å². The van der Waals surface area contributed by atoms with Crippen LogP contribution in [0.25, 0.3) is 0 Å². The highest BCUT2D eigenvalue weighted by Gasteiger charge is 2.39. The predicted molar refractivity (Wildman–Crippen MR) is 57.9 cm³/mol. The van der Waals surface area contributed by atoms with Crippen LogP contribution in [0.5, 0.6) is 0 Å². The Morgan fingerprint density at radius 3 is 2.76 bits per heavy atom. The van der Waals surface area contributed by atoms with Crippen molar-refractivity contribution in [3.8, 4) is 0 Å². The summed E-state index contributed by atoms with van der Waals surface area (Å²) in [6.07, 6.45) is -3.23. The van der Waals surface area contributed by atoms with Gasteiger partial charge in [-0.2, -0.15) is 18.3 Å². The van der Waals surface area contributed by atoms with Gasteiger partial charge in [-0.15, -0.1) is 0 Å². The SMILES string of the molecule is Cn1nc(C(F)(F)F)c(CC2CCNC2)c1Cl. The number of nitrogens with zero attached hydrogens (tertiary/aromatic N) is 2. The number of hydrogen-bond acceptors (Lipinski definition) is 2. The second kappa shape index (κ2) is 4.49. The first-order valence-electron chi connectivity index (χ1n) is 5.39. The van der Waals surface area contributed by atoms with Gasteiger partial charge in [0.15, 0.2) is 5.69 Å². The molecule has 0 amide bonds. The van der Waals surface area contributed by atoms with E-state index in [1.807, 2.05) is 0 Å². The third kappa shape index (κ3) is 2.57. The lowest BCUT2D eigenvalue weighted by Crippen LogP contribution is -2.14. The van der Waals surface area contributed by atoms with Gasteiger partial charge in [-0.25, -0.2) is 0 Å². The molecule has 1 aliphatic rings. The van der Waals surface area contributed by atoms with Crippen LogP contribution in [0.15, 0.2) is 0 Å². The smallest absolute Gasteiger partial charge is 0.316 e. The molecular weight excluding hydrogens is 255 g/mol. The van der Waals surface area contributed by atoms with Gasteiger partial charge in [-0.05, 0) is 31.8 Å². The molecule has 1 aromatic heterocycles. The van der Waals surface area contributed by atoms with Crippen LogP contribution < -0.4 is 5.32 Å². The van der Waals surface area contributed by atoms with Gasteiger partial charge in [0.1, 0.15) is 5.15 Å². The maximum atomic E-state index is 12.8. The topological polar surface area (TPSA) is 29.9 Å². The zero-order chi connectivity index (χ0) is 12.6. The molecule has 0 saturated carbocycles. The molecule has 1 aromatic rings. The van der Waals surface area contributed by atoms with Crippen molar-refractivity contribution in [2.45, 2.75) is 19.0 Å². The number of aromatic nitrogens is 2. The molecular formula is C10H13ClF3N3. The van der Waals surface area contributed by atoms with Gasteiger partial charge >= 0.3 is 6.18 Å². The normalized spacial score (nSPS) is 21.1. The molecule has 96 valence electrons. The van der Waals surface area contributed by atoms with E-state index in [0.717, 1.165) is 24.2 Å². The Labute approximate surface area is 102 Å². The summed E-state index contributed by atoms with van der Waals surface area (Å²) in [5.41, 5.74) is -0.729. The Bertz CT molecular complexity index is 408. The zero-order valence-electron chi connectivity index (χ0n) is 9.31. The molecule has 2 rings (SSSR count). The van der Waals surface area contributed by atoms with E-state index in [0.29, 0.717) is 6.42 Å². The summed E-state index contributed by atoms with van der Waals surface area (Å²) in [6, 6.07) is 0. The standard InChI is InChI=1S/C10H13ClF3N3/c1-17-9(11)7(4-6-2-3-15-5-6)8(16-17)10(12,13)14/h6,15H,2-5H2,1H3. The van der Waals surface area contributed by atoms with E-state index >= 15 is 0 Å². The fourth-order valence-corrected chi connectivity index (χ4v) is 2.34. The quantitative estimate of drug-likeness (QED) is 0.891. The van der Waals surface area contributed by atoms with Gasteiger partial charge in [-0.1, -0.05) is 11.6 Å². The molecule has 7 heteroatoms. The molecule has 1 N–H and O–H groups in total. The Morgan fingerprint density at radius 2 is 2.24 bits per heavy atom. The summed E-state index contributed by atoms with van der Waals surface area (Å²) < 4.78 is 39.4. The molecule has 17 heavy (non-hydrogen) atoms. The van der Waals surface area contributed by atoms with E-state index in [2.05, 4.69) is 10.4 Å². The lowest BCUT2D eigenvalue weighted by atomic mass is 9.99. The van der Waals surface area contributed by atoms with Gasteiger partial charge in [0.2, 0.25) is 0 Å². The van der Waals surface area contributed by atoms with Crippen molar-refractivity contribution in [3.63, 3.8) is 0 Å². The number of hydrogen-bond donors (Lipinski definition) is 1. The van der Waals surface area contributed by atoms with Crippen molar-refractivity contribution in [1.29, 1.82) is 0 Å². The van der Waals surface area contributed by atoms with Crippen LogP contribution in [0.1, 0.15) is 17.7 Å². The van der Waals surface area contributed by atoms with Crippen LogP contribution in [0.2, 0.25) is 5.15 Å². The number of rotatable bonds is 2. The average molecular weight is 268 g/mol. The lowest BCUT2D eigenvalue weighted by Gasteiger charge is -2.10. The maximum Gasteiger partial charge on any atom is 0.435 e. The third-order valence-corrected chi connectivity index (χ3v) is 3.47. The third-order valence-electron chi connectivity index (χ3n) is 2.99. The molecule has 2 heterocycles. The van der Waals surface area contributed by atoms with E-state index in [4.69, 9.17) is 11.6 Å². The van der Waals surface area contributed by atoms with E-state index in [-0.39, 0.29) is 16.6 Å². The van der Waals surface area contributed by atoms with Crippen molar-refractivity contribution in [2.75, 3.05) is 13.1 Å². The first kappa shape index (κ1) is 12.7. The molecule has 0 radical (unpaired) electrons. The fourth-order valence-electron chi connectivity index (χ4n) is 2.13. The van der Waals surface area contributed by atoms with E-state index in [1.165, 1.54) is 7.05 Å². The highest BCUT2D eigenvalue weighted by atomic mass is 35.5. The molecule has 1 saturated heterocycles. The van der Waals surface area contributed by atoms with E-state index in [1.54, 1.807) is 0 Å². The van der Waals surface area contributed by atoms with Crippen LogP contribution in [-0.2, 0) is 19.6 Å². The largest absolute Gasteiger partial charge is 0.435 e. The predicted octanol–water partition coefficient (Wildman–Crippen LogP) is 2.24. The molecule has 0 bridgehead atoms. The highest BCUT2D eigenvalue weighted by molar-refractivity contribution is 6.30. The number of nitrogens with one attached hydrogen (secondary N) is 1. The molecule has 1 aliphatic heterocycles. The van der Waals surface area contributed by atoms with Gasteiger partial charge < -0.3 is 5.32 Å². The minimum Gasteiger partial charge on any atom is -0.316 e. The first-order valence-corrected chi connectivity index (χ1v) is 5.76. The lowest BCUT2D eigenvalue weighted by molar-refractivity contribution is -0.142. The minimum atomic E-state index is -4.44. The summed E-state index contributed by atoms with van der Waals surface area (Å²) in [5.74, 6) is 0.206. The molecule has 0 aliphatic carbocycles. The highest BCUT2D eigenvalue weighted by Crippen LogP contribution is 2.35. The van der Waals surface area contributed by atoms with E-state index < -0.39 is 11.9 Å². The Morgan fingerprint density at radius 1 is 1.53 bits per heavy atom. The van der Waals surface area contributed by atoms with Crippen molar-refractivity contribution < 1.29 is 13.2 Å². The Hall–Kier alpha value is -0.750. The summed E-state index contributed by atoms with van der Waals surface area (Å²) >= 11 is 5.88. The molecule has 0 spiro atoms. The fraction of sp³-hybridized carbons (Fsp3) is 0.700. The average Bonchev–Trinajstić information content (AvgIpc) is 2.80. The van der Waals surface area contributed by atoms with Crippen molar-refractivity contribution in [3.05, 3.63) is 16.4 Å². The summed E-state index contributed by atoms with van der Waals surface area (Å²) in [6.45, 7) is 1.59. The second-order valence-electron chi connectivity index (χ2n) is 4.30. The first-order chi connectivity index (χ1) is 7.89. The van der Waals surface area contributed by atoms with Crippen LogP contribution in [0.4, 0.5) is 13.2 Å². The van der Waals surface area contributed by atoms with Gasteiger partial charge in [0.25, 0.3) is 0 Å². The van der Waals surface area contributed by atoms with Crippen molar-refractivity contribution >= 4 is 11.6 Å². The summed E-state index contributed by atoms with van der Waals surface area (Å²) in [7, 11) is 1.42. The number of aryl methyl sites for hydroxylation is 1. The van der Waals surface area contributed by atoms with Gasteiger partial charge in [0.05, 0.1) is 0 Å². The van der Waals surface area contributed by atoms with E-state index in [9.17, 15) is 13.2 Å². The summed E-state index contributed by atoms with van der Waals surface area (Å²) in [5, 5.41) is 6.68. The molecule has 3 nitrogen and oxygen atoms in total. The monoisotopic (exact) mass is 267 g/mol. The number of halogens is 4. The van der Waals surface area contributed by atoms with Crippen LogP contribution >= 0.6 is 11.6 Å². The molecule has 0 aromatic carbocycles. The van der Waals surface area contributed by atoms with Crippen molar-refractivity contribution in [1.82, 2.24) is 15.1 Å². The molecule has 1 atom stereocenters. The summed E-state index contributed by atoms with van der Waals surface area (Å²) in [4.78, 5) is 0. The minimum absolute atomic E-state index is 0.0872. The Kier molecular flexibility index (Phi) is 3.36. The van der Waals surface area contributed by atoms with Crippen LogP contribution in [0, 0.1) is 5.92 Å². The number of alkyl halides is 3. The second-order valence-corrected chi connectivity index (χ2v) is 4.66. The van der Waals surface area contributed by atoms with Crippen LogP contribution in [-0.4, -0.2) is 22.9 Å². The van der Waals surface area contributed by atoms with Crippen LogP contribution in [0.3, 0.4) is 0 Å². The van der Waals surface area contributed by atoms with Gasteiger partial charge in [0, 0.05) is 12.6 Å². The zero-order valence-corrected chi connectivity index (χ0v) is 10.1. The Balaban J connectivity index is 2.30. The molecule has 1 fully saturated rings. The molecule has 1 unspecified atom stereocenters.